The molecule has 3 aromatic rings. The SMILES string of the molecule is COc1cccc(NC(=O)CSc2ccccc2C(=O)Nc2ccccc2Cl)c1. The third-order valence-electron chi connectivity index (χ3n) is 3.97. The number of hydrogen-bond acceptors (Lipinski definition) is 4. The van der Waals surface area contributed by atoms with Gasteiger partial charge in [-0.25, -0.2) is 0 Å². The van der Waals surface area contributed by atoms with Gasteiger partial charge in [-0.2, -0.15) is 0 Å². The number of para-hydroxylation sites is 1. The van der Waals surface area contributed by atoms with Gasteiger partial charge in [-0.1, -0.05) is 41.9 Å². The fraction of sp³-hybridized carbons (Fsp3) is 0.0909. The highest BCUT2D eigenvalue weighted by Gasteiger charge is 2.14. The summed E-state index contributed by atoms with van der Waals surface area (Å²) < 4.78 is 5.15. The zero-order valence-corrected chi connectivity index (χ0v) is 17.2. The first-order chi connectivity index (χ1) is 14.1. The van der Waals surface area contributed by atoms with E-state index in [4.69, 9.17) is 16.3 Å². The molecule has 0 spiro atoms. The minimum atomic E-state index is -0.283. The Hall–Kier alpha value is -2.96. The van der Waals surface area contributed by atoms with E-state index >= 15 is 0 Å². The molecule has 0 fully saturated rings. The first-order valence-corrected chi connectivity index (χ1v) is 10.1. The number of hydrogen-bond donors (Lipinski definition) is 2. The molecular weight excluding hydrogens is 408 g/mol. The largest absolute Gasteiger partial charge is 0.497 e. The number of ether oxygens (including phenoxy) is 1. The van der Waals surface area contributed by atoms with Crippen LogP contribution in [0.5, 0.6) is 5.75 Å². The number of rotatable bonds is 7. The van der Waals surface area contributed by atoms with E-state index in [1.807, 2.05) is 12.1 Å². The molecule has 0 radical (unpaired) electrons. The van der Waals surface area contributed by atoms with Crippen LogP contribution in [0.25, 0.3) is 0 Å². The Balaban J connectivity index is 1.65. The van der Waals surface area contributed by atoms with Gasteiger partial charge in [0.1, 0.15) is 5.75 Å². The highest BCUT2D eigenvalue weighted by molar-refractivity contribution is 8.00. The molecule has 0 saturated heterocycles. The molecule has 0 atom stereocenters. The van der Waals surface area contributed by atoms with Crippen LogP contribution >= 0.6 is 23.4 Å². The van der Waals surface area contributed by atoms with E-state index in [1.165, 1.54) is 11.8 Å². The Labute approximate surface area is 178 Å². The maximum atomic E-state index is 12.7. The third-order valence-corrected chi connectivity index (χ3v) is 5.37. The van der Waals surface area contributed by atoms with Gasteiger partial charge in [0, 0.05) is 16.6 Å². The summed E-state index contributed by atoms with van der Waals surface area (Å²) in [5.74, 6) is 0.365. The maximum absolute atomic E-state index is 12.7. The molecule has 3 aromatic carbocycles. The second-order valence-corrected chi connectivity index (χ2v) is 7.42. The summed E-state index contributed by atoms with van der Waals surface area (Å²) in [6.45, 7) is 0. The topological polar surface area (TPSA) is 67.4 Å². The second-order valence-electron chi connectivity index (χ2n) is 6.00. The molecule has 5 nitrogen and oxygen atoms in total. The van der Waals surface area contributed by atoms with Crippen molar-refractivity contribution in [3.05, 3.63) is 83.4 Å². The number of carbonyl (C=O) groups excluding carboxylic acids is 2. The average molecular weight is 427 g/mol. The van der Waals surface area contributed by atoms with E-state index in [9.17, 15) is 9.59 Å². The minimum Gasteiger partial charge on any atom is -0.497 e. The van der Waals surface area contributed by atoms with Crippen LogP contribution in [0.1, 0.15) is 10.4 Å². The fourth-order valence-electron chi connectivity index (χ4n) is 2.57. The molecule has 7 heteroatoms. The lowest BCUT2D eigenvalue weighted by Crippen LogP contribution is -2.16. The van der Waals surface area contributed by atoms with Gasteiger partial charge in [0.05, 0.1) is 29.1 Å². The lowest BCUT2D eigenvalue weighted by atomic mass is 10.2. The van der Waals surface area contributed by atoms with Crippen LogP contribution in [-0.4, -0.2) is 24.7 Å². The summed E-state index contributed by atoms with van der Waals surface area (Å²) in [6, 6.07) is 21.3. The number of halogens is 1. The van der Waals surface area contributed by atoms with Crippen LogP contribution in [0.2, 0.25) is 5.02 Å². The highest BCUT2D eigenvalue weighted by atomic mass is 35.5. The molecule has 0 aliphatic rings. The summed E-state index contributed by atoms with van der Waals surface area (Å²) in [5, 5.41) is 6.10. The number of amides is 2. The van der Waals surface area contributed by atoms with Gasteiger partial charge in [0.25, 0.3) is 5.91 Å². The summed E-state index contributed by atoms with van der Waals surface area (Å²) in [5.41, 5.74) is 1.67. The van der Waals surface area contributed by atoms with Crippen molar-refractivity contribution in [3.63, 3.8) is 0 Å². The fourth-order valence-corrected chi connectivity index (χ4v) is 3.61. The molecule has 0 heterocycles. The van der Waals surface area contributed by atoms with Crippen molar-refractivity contribution in [1.29, 1.82) is 0 Å². The molecule has 0 aliphatic heterocycles. The van der Waals surface area contributed by atoms with Gasteiger partial charge in [0.2, 0.25) is 5.91 Å². The molecule has 0 aromatic heterocycles. The van der Waals surface area contributed by atoms with Crippen molar-refractivity contribution in [1.82, 2.24) is 0 Å². The van der Waals surface area contributed by atoms with E-state index in [2.05, 4.69) is 10.6 Å². The number of carbonyl (C=O) groups is 2. The summed E-state index contributed by atoms with van der Waals surface area (Å²) in [7, 11) is 1.57. The quantitative estimate of drug-likeness (QED) is 0.501. The van der Waals surface area contributed by atoms with Crippen molar-refractivity contribution >= 4 is 46.6 Å². The van der Waals surface area contributed by atoms with E-state index in [1.54, 1.807) is 67.8 Å². The Morgan fingerprint density at radius 3 is 2.52 bits per heavy atom. The third kappa shape index (κ3) is 5.76. The summed E-state index contributed by atoms with van der Waals surface area (Å²) in [6.07, 6.45) is 0. The molecule has 0 bridgehead atoms. The minimum absolute atomic E-state index is 0.160. The molecule has 2 N–H and O–H groups in total. The van der Waals surface area contributed by atoms with Crippen molar-refractivity contribution in [2.75, 3.05) is 23.5 Å². The van der Waals surface area contributed by atoms with Gasteiger partial charge in [0.15, 0.2) is 0 Å². The smallest absolute Gasteiger partial charge is 0.256 e. The van der Waals surface area contributed by atoms with Crippen molar-refractivity contribution in [2.45, 2.75) is 4.90 Å². The van der Waals surface area contributed by atoms with Gasteiger partial charge in [-0.05, 0) is 36.4 Å². The average Bonchev–Trinajstić information content (AvgIpc) is 2.74. The van der Waals surface area contributed by atoms with Crippen molar-refractivity contribution in [2.24, 2.45) is 0 Å². The lowest BCUT2D eigenvalue weighted by molar-refractivity contribution is -0.113. The van der Waals surface area contributed by atoms with Gasteiger partial charge in [-0.15, -0.1) is 11.8 Å². The molecular formula is C22H19ClN2O3S. The Morgan fingerprint density at radius 1 is 0.966 bits per heavy atom. The van der Waals surface area contributed by atoms with E-state index in [-0.39, 0.29) is 17.6 Å². The molecule has 0 saturated carbocycles. The molecule has 0 unspecified atom stereocenters. The van der Waals surface area contributed by atoms with Gasteiger partial charge < -0.3 is 15.4 Å². The normalized spacial score (nSPS) is 10.3. The van der Waals surface area contributed by atoms with Crippen LogP contribution in [0.3, 0.4) is 0 Å². The number of anilines is 2. The van der Waals surface area contributed by atoms with Gasteiger partial charge >= 0.3 is 0 Å². The van der Waals surface area contributed by atoms with Crippen LogP contribution in [-0.2, 0) is 4.79 Å². The number of methoxy groups -OCH3 is 1. The zero-order chi connectivity index (χ0) is 20.6. The summed E-state index contributed by atoms with van der Waals surface area (Å²) >= 11 is 7.41. The standard InChI is InChI=1S/C22H19ClN2O3S/c1-28-16-8-6-7-15(13-16)24-21(26)14-29-20-12-5-2-9-17(20)22(27)25-19-11-4-3-10-18(19)23/h2-13H,14H2,1H3,(H,24,26)(H,25,27). The predicted molar refractivity (Wildman–Crippen MR) is 118 cm³/mol. The van der Waals surface area contributed by atoms with E-state index in [0.717, 1.165) is 0 Å². The van der Waals surface area contributed by atoms with E-state index in [0.29, 0.717) is 32.6 Å². The van der Waals surface area contributed by atoms with Crippen LogP contribution in [0.4, 0.5) is 11.4 Å². The summed E-state index contributed by atoms with van der Waals surface area (Å²) in [4.78, 5) is 25.7. The Kier molecular flexibility index (Phi) is 7.16. The predicted octanol–water partition coefficient (Wildman–Crippen LogP) is 5.33. The zero-order valence-electron chi connectivity index (χ0n) is 15.6. The van der Waals surface area contributed by atoms with Gasteiger partial charge in [-0.3, -0.25) is 9.59 Å². The first kappa shape index (κ1) is 20.8. The molecule has 29 heavy (non-hydrogen) atoms. The van der Waals surface area contributed by atoms with Crippen LogP contribution < -0.4 is 15.4 Å². The van der Waals surface area contributed by atoms with E-state index < -0.39 is 0 Å². The van der Waals surface area contributed by atoms with Crippen LogP contribution in [0.15, 0.2) is 77.7 Å². The monoisotopic (exact) mass is 426 g/mol. The lowest BCUT2D eigenvalue weighted by Gasteiger charge is -2.11. The molecule has 0 aliphatic carbocycles. The second kappa shape index (κ2) is 10.0. The van der Waals surface area contributed by atoms with Crippen molar-refractivity contribution in [3.8, 4) is 5.75 Å². The molecule has 148 valence electrons. The number of thioether (sulfide) groups is 1. The molecule has 3 rings (SSSR count). The number of nitrogens with one attached hydrogen (secondary N) is 2. The molecule has 2 amide bonds. The Morgan fingerprint density at radius 2 is 1.72 bits per heavy atom. The maximum Gasteiger partial charge on any atom is 0.256 e. The van der Waals surface area contributed by atoms with Crippen LogP contribution in [0, 0.1) is 0 Å². The Bertz CT molecular complexity index is 1030. The first-order valence-electron chi connectivity index (χ1n) is 8.78. The number of benzene rings is 3. The van der Waals surface area contributed by atoms with Crippen molar-refractivity contribution < 1.29 is 14.3 Å². The highest BCUT2D eigenvalue weighted by Crippen LogP contribution is 2.26.